The van der Waals surface area contributed by atoms with E-state index in [0.29, 0.717) is 0 Å². The quantitative estimate of drug-likeness (QED) is 0.896. The third kappa shape index (κ3) is 2.78. The summed E-state index contributed by atoms with van der Waals surface area (Å²) in [6.45, 7) is 10.1. The summed E-state index contributed by atoms with van der Waals surface area (Å²) in [5.74, 6) is 0.954. The first kappa shape index (κ1) is 13.6. The second-order valence-electron chi connectivity index (χ2n) is 4.70. The highest BCUT2D eigenvalue weighted by atomic mass is 15.3. The van der Waals surface area contributed by atoms with Gasteiger partial charge in [0.25, 0.3) is 0 Å². The van der Waals surface area contributed by atoms with Gasteiger partial charge in [-0.05, 0) is 38.8 Å². The normalized spacial score (nSPS) is 10.7. The van der Waals surface area contributed by atoms with Gasteiger partial charge < -0.3 is 5.32 Å². The largest absolute Gasteiger partial charge is 0.370 e. The molecule has 2 aromatic rings. The minimum absolute atomic E-state index is 0.767. The van der Waals surface area contributed by atoms with Crippen molar-refractivity contribution in [1.82, 2.24) is 14.8 Å². The number of rotatable bonds is 5. The van der Waals surface area contributed by atoms with Crippen molar-refractivity contribution in [2.75, 3.05) is 11.9 Å². The van der Waals surface area contributed by atoms with Crippen LogP contribution in [0.15, 0.2) is 18.3 Å². The molecule has 1 N–H and O–H groups in total. The zero-order valence-corrected chi connectivity index (χ0v) is 12.2. The molecule has 4 heteroatoms. The zero-order valence-electron chi connectivity index (χ0n) is 12.2. The molecule has 0 saturated carbocycles. The van der Waals surface area contributed by atoms with E-state index >= 15 is 0 Å². The van der Waals surface area contributed by atoms with Crippen molar-refractivity contribution in [1.29, 1.82) is 0 Å². The fourth-order valence-electron chi connectivity index (χ4n) is 2.45. The minimum atomic E-state index is 0.767. The lowest BCUT2D eigenvalue weighted by molar-refractivity contribution is 0.657. The van der Waals surface area contributed by atoms with Gasteiger partial charge in [-0.1, -0.05) is 13.0 Å². The Hall–Kier alpha value is -1.84. The zero-order chi connectivity index (χ0) is 13.8. The van der Waals surface area contributed by atoms with Crippen molar-refractivity contribution in [2.24, 2.45) is 0 Å². The first-order valence-electron chi connectivity index (χ1n) is 6.88. The van der Waals surface area contributed by atoms with Crippen LogP contribution in [0.25, 0.3) is 0 Å². The van der Waals surface area contributed by atoms with E-state index in [9.17, 15) is 0 Å². The predicted molar refractivity (Wildman–Crippen MR) is 78.6 cm³/mol. The average molecular weight is 258 g/mol. The average Bonchev–Trinajstić information content (AvgIpc) is 2.67. The summed E-state index contributed by atoms with van der Waals surface area (Å²) in [6.07, 6.45) is 2.85. The van der Waals surface area contributed by atoms with Crippen LogP contribution >= 0.6 is 0 Å². The van der Waals surface area contributed by atoms with E-state index in [4.69, 9.17) is 0 Å². The monoisotopic (exact) mass is 258 g/mol. The molecule has 4 nitrogen and oxygen atoms in total. The van der Waals surface area contributed by atoms with Crippen molar-refractivity contribution < 1.29 is 0 Å². The van der Waals surface area contributed by atoms with Crippen LogP contribution in [0.2, 0.25) is 0 Å². The summed E-state index contributed by atoms with van der Waals surface area (Å²) >= 11 is 0. The van der Waals surface area contributed by atoms with E-state index in [1.807, 2.05) is 12.3 Å². The lowest BCUT2D eigenvalue weighted by Gasteiger charge is -2.10. The molecule has 102 valence electrons. The molecule has 0 aromatic carbocycles. The first-order valence-corrected chi connectivity index (χ1v) is 6.88. The molecule has 0 bridgehead atoms. The Morgan fingerprint density at radius 3 is 2.68 bits per heavy atom. The highest BCUT2D eigenvalue weighted by Gasteiger charge is 2.11. The number of hydrogen-bond acceptors (Lipinski definition) is 3. The summed E-state index contributed by atoms with van der Waals surface area (Å²) in [5, 5.41) is 7.94. The van der Waals surface area contributed by atoms with Crippen LogP contribution in [0.5, 0.6) is 0 Å². The highest BCUT2D eigenvalue weighted by Crippen LogP contribution is 2.18. The van der Waals surface area contributed by atoms with Crippen molar-refractivity contribution in [2.45, 2.75) is 40.7 Å². The van der Waals surface area contributed by atoms with Crippen LogP contribution < -0.4 is 5.32 Å². The van der Waals surface area contributed by atoms with Crippen LogP contribution in [-0.2, 0) is 13.0 Å². The van der Waals surface area contributed by atoms with Gasteiger partial charge in [0.15, 0.2) is 0 Å². The smallest absolute Gasteiger partial charge is 0.130 e. The van der Waals surface area contributed by atoms with Crippen LogP contribution in [0, 0.1) is 13.8 Å². The van der Waals surface area contributed by atoms with Gasteiger partial charge in [0.2, 0.25) is 0 Å². The second kappa shape index (κ2) is 5.87. The number of pyridine rings is 1. The lowest BCUT2D eigenvalue weighted by Crippen LogP contribution is -2.09. The van der Waals surface area contributed by atoms with E-state index in [2.05, 4.69) is 53.8 Å². The Labute approximate surface area is 114 Å². The molecular weight excluding hydrogens is 236 g/mol. The molecule has 2 rings (SSSR count). The van der Waals surface area contributed by atoms with Gasteiger partial charge in [0, 0.05) is 24.0 Å². The fraction of sp³-hybridized carbons (Fsp3) is 0.467. The van der Waals surface area contributed by atoms with Gasteiger partial charge in [-0.3, -0.25) is 4.68 Å². The summed E-state index contributed by atoms with van der Waals surface area (Å²) in [6, 6.07) is 4.08. The Balaban J connectivity index is 2.31. The van der Waals surface area contributed by atoms with Crippen LogP contribution in [0.3, 0.4) is 0 Å². The summed E-state index contributed by atoms with van der Waals surface area (Å²) < 4.78 is 2.08. The summed E-state index contributed by atoms with van der Waals surface area (Å²) in [5.41, 5.74) is 4.92. The molecule has 0 aliphatic carbocycles. The van der Waals surface area contributed by atoms with Gasteiger partial charge in [-0.2, -0.15) is 5.10 Å². The van der Waals surface area contributed by atoms with Crippen LogP contribution in [0.1, 0.15) is 36.4 Å². The molecule has 0 aliphatic rings. The van der Waals surface area contributed by atoms with Crippen LogP contribution in [-0.4, -0.2) is 21.3 Å². The predicted octanol–water partition coefficient (Wildman–Crippen LogP) is 2.94. The molecule has 0 radical (unpaired) electrons. The van der Waals surface area contributed by atoms with Crippen molar-refractivity contribution in [3.8, 4) is 0 Å². The molecule has 0 unspecified atom stereocenters. The molecule has 19 heavy (non-hydrogen) atoms. The number of aromatic nitrogens is 3. The third-order valence-corrected chi connectivity index (χ3v) is 3.44. The molecule has 0 aliphatic heterocycles. The molecule has 0 saturated heterocycles. The molecule has 0 spiro atoms. The number of nitrogens with one attached hydrogen (secondary N) is 1. The highest BCUT2D eigenvalue weighted by molar-refractivity contribution is 5.43. The van der Waals surface area contributed by atoms with E-state index < -0.39 is 0 Å². The van der Waals surface area contributed by atoms with E-state index in [0.717, 1.165) is 31.0 Å². The molecule has 0 atom stereocenters. The van der Waals surface area contributed by atoms with Crippen molar-refractivity contribution in [3.63, 3.8) is 0 Å². The molecule has 2 heterocycles. The van der Waals surface area contributed by atoms with E-state index in [1.54, 1.807) is 0 Å². The SMILES string of the molecule is CCNc1ncccc1Cn1nc(C)c(CC)c1C. The van der Waals surface area contributed by atoms with Crippen LogP contribution in [0.4, 0.5) is 5.82 Å². The van der Waals surface area contributed by atoms with Gasteiger partial charge in [0.1, 0.15) is 5.82 Å². The standard InChI is InChI=1S/C15H22N4/c1-5-14-11(3)18-19(12(14)4)10-13-8-7-9-17-15(13)16-6-2/h7-9H,5-6,10H2,1-4H3,(H,16,17). The van der Waals surface area contributed by atoms with E-state index in [1.165, 1.54) is 16.8 Å². The Morgan fingerprint density at radius 2 is 2.05 bits per heavy atom. The van der Waals surface area contributed by atoms with Crippen molar-refractivity contribution >= 4 is 5.82 Å². The Morgan fingerprint density at radius 1 is 1.26 bits per heavy atom. The number of nitrogens with zero attached hydrogens (tertiary/aromatic N) is 3. The number of anilines is 1. The topological polar surface area (TPSA) is 42.7 Å². The number of hydrogen-bond donors (Lipinski definition) is 1. The molecule has 2 aromatic heterocycles. The van der Waals surface area contributed by atoms with Crippen molar-refractivity contribution in [3.05, 3.63) is 40.8 Å². The maximum atomic E-state index is 4.64. The maximum absolute atomic E-state index is 4.64. The fourth-order valence-corrected chi connectivity index (χ4v) is 2.45. The molecule has 0 amide bonds. The summed E-state index contributed by atoms with van der Waals surface area (Å²) in [7, 11) is 0. The Kier molecular flexibility index (Phi) is 4.20. The maximum Gasteiger partial charge on any atom is 0.130 e. The van der Waals surface area contributed by atoms with Gasteiger partial charge in [-0.15, -0.1) is 0 Å². The molecule has 0 fully saturated rings. The van der Waals surface area contributed by atoms with E-state index in [-0.39, 0.29) is 0 Å². The lowest BCUT2D eigenvalue weighted by atomic mass is 10.1. The van der Waals surface area contributed by atoms with Gasteiger partial charge in [0.05, 0.1) is 12.2 Å². The second-order valence-corrected chi connectivity index (χ2v) is 4.70. The van der Waals surface area contributed by atoms with Gasteiger partial charge >= 0.3 is 0 Å². The third-order valence-electron chi connectivity index (χ3n) is 3.44. The van der Waals surface area contributed by atoms with Gasteiger partial charge in [-0.25, -0.2) is 4.98 Å². The summed E-state index contributed by atoms with van der Waals surface area (Å²) in [4.78, 5) is 4.39. The number of aryl methyl sites for hydroxylation is 1. The minimum Gasteiger partial charge on any atom is -0.370 e. The molecular formula is C15H22N4. The Bertz CT molecular complexity index is 557. The first-order chi connectivity index (χ1) is 9.17.